The molecule has 0 radical (unpaired) electrons. The number of allylic oxidation sites excluding steroid dienone is 1. The molecule has 0 amide bonds. The molecule has 1 fully saturated rings. The van der Waals surface area contributed by atoms with E-state index in [4.69, 9.17) is 0 Å². The van der Waals surface area contributed by atoms with Gasteiger partial charge in [-0.25, -0.2) is 0 Å². The van der Waals surface area contributed by atoms with E-state index in [1.54, 1.807) is 0 Å². The van der Waals surface area contributed by atoms with Crippen LogP contribution in [0.2, 0.25) is 0 Å². The molecule has 1 aliphatic heterocycles. The average molecular weight is 266 g/mol. The Labute approximate surface area is 121 Å². The van der Waals surface area contributed by atoms with Crippen LogP contribution in [0.4, 0.5) is 0 Å². The highest BCUT2D eigenvalue weighted by Gasteiger charge is 2.13. The molecule has 0 saturated carbocycles. The number of hydrogen-bond acceptors (Lipinski definition) is 2. The number of nitrogens with zero attached hydrogens (tertiary/aromatic N) is 2. The second-order valence-corrected chi connectivity index (χ2v) is 5.02. The molecule has 1 heterocycles. The molecule has 2 nitrogen and oxygen atoms in total. The van der Waals surface area contributed by atoms with Gasteiger partial charge in [0.15, 0.2) is 0 Å². The van der Waals surface area contributed by atoms with Crippen LogP contribution in [0.5, 0.6) is 0 Å². The van der Waals surface area contributed by atoms with Crippen LogP contribution >= 0.6 is 0 Å². The fourth-order valence-electron chi connectivity index (χ4n) is 1.60. The zero-order valence-electron chi connectivity index (χ0n) is 13.8. The summed E-state index contributed by atoms with van der Waals surface area (Å²) in [5.74, 6) is 0. The number of unbranched alkanes of at least 4 members (excludes halogenated alkanes) is 1. The van der Waals surface area contributed by atoms with Gasteiger partial charge in [-0.15, -0.1) is 12.8 Å². The van der Waals surface area contributed by atoms with Crippen molar-refractivity contribution in [3.05, 3.63) is 11.6 Å². The third-order valence-electron chi connectivity index (χ3n) is 3.17. The summed E-state index contributed by atoms with van der Waals surface area (Å²) in [6, 6.07) is 0. The minimum Gasteiger partial charge on any atom is -0.301 e. The predicted octanol–water partition coefficient (Wildman–Crippen LogP) is 3.65. The zero-order valence-corrected chi connectivity index (χ0v) is 13.8. The Morgan fingerprint density at radius 3 is 1.63 bits per heavy atom. The Kier molecular flexibility index (Phi) is 16.5. The first-order chi connectivity index (χ1) is 9.13. The van der Waals surface area contributed by atoms with Crippen LogP contribution in [0, 0.1) is 12.8 Å². The molecule has 112 valence electrons. The molecule has 0 aromatic carbocycles. The summed E-state index contributed by atoms with van der Waals surface area (Å²) in [5, 5.41) is 0. The molecule has 1 aliphatic rings. The van der Waals surface area contributed by atoms with Crippen LogP contribution in [0.25, 0.3) is 0 Å². The molecular formula is C17H34N2. The minimum atomic E-state index is 1.14. The Hall–Kier alpha value is -0.780. The molecule has 1 rings (SSSR count). The highest BCUT2D eigenvalue weighted by atomic mass is 15.2. The molecule has 0 atom stereocenters. The van der Waals surface area contributed by atoms with Gasteiger partial charge in [-0.05, 0) is 20.4 Å². The van der Waals surface area contributed by atoms with Crippen molar-refractivity contribution >= 4 is 0 Å². The van der Waals surface area contributed by atoms with Crippen molar-refractivity contribution in [3.8, 4) is 12.8 Å². The van der Waals surface area contributed by atoms with E-state index in [0.717, 1.165) is 6.54 Å². The Balaban J connectivity index is 0. The second-order valence-electron chi connectivity index (χ2n) is 5.02. The van der Waals surface area contributed by atoms with E-state index in [-0.39, 0.29) is 0 Å². The van der Waals surface area contributed by atoms with Gasteiger partial charge < -0.3 is 4.90 Å². The van der Waals surface area contributed by atoms with Gasteiger partial charge in [-0.1, -0.05) is 45.3 Å². The lowest BCUT2D eigenvalue weighted by Gasteiger charge is -2.33. The van der Waals surface area contributed by atoms with Gasteiger partial charge in [0, 0.05) is 32.7 Å². The summed E-state index contributed by atoms with van der Waals surface area (Å²) >= 11 is 0. The van der Waals surface area contributed by atoms with Gasteiger partial charge in [0.05, 0.1) is 0 Å². The van der Waals surface area contributed by atoms with E-state index < -0.39 is 0 Å². The van der Waals surface area contributed by atoms with Crippen LogP contribution in [0.3, 0.4) is 0 Å². The Morgan fingerprint density at radius 1 is 0.895 bits per heavy atom. The normalized spacial score (nSPS) is 15.5. The first-order valence-electron chi connectivity index (χ1n) is 7.55. The molecule has 19 heavy (non-hydrogen) atoms. The van der Waals surface area contributed by atoms with Crippen molar-refractivity contribution in [2.45, 2.75) is 47.5 Å². The quantitative estimate of drug-likeness (QED) is 0.566. The average Bonchev–Trinajstić information content (AvgIpc) is 2.48. The van der Waals surface area contributed by atoms with E-state index in [1.807, 2.05) is 0 Å². The van der Waals surface area contributed by atoms with Crippen molar-refractivity contribution in [2.75, 3.05) is 39.3 Å². The number of hydrogen-bond donors (Lipinski definition) is 0. The highest BCUT2D eigenvalue weighted by Crippen LogP contribution is 2.01. The topological polar surface area (TPSA) is 6.48 Å². The zero-order chi connectivity index (χ0) is 15.1. The first kappa shape index (κ1) is 20.5. The van der Waals surface area contributed by atoms with Crippen LogP contribution in [-0.4, -0.2) is 49.1 Å². The van der Waals surface area contributed by atoms with E-state index in [2.05, 4.69) is 63.3 Å². The summed E-state index contributed by atoms with van der Waals surface area (Å²) in [5.41, 5.74) is 1.43. The van der Waals surface area contributed by atoms with Gasteiger partial charge in [-0.3, -0.25) is 4.90 Å². The van der Waals surface area contributed by atoms with Gasteiger partial charge >= 0.3 is 0 Å². The molecule has 0 spiro atoms. The lowest BCUT2D eigenvalue weighted by atomic mass is 10.2. The van der Waals surface area contributed by atoms with E-state index in [9.17, 15) is 0 Å². The predicted molar refractivity (Wildman–Crippen MR) is 88.5 cm³/mol. The molecule has 0 aromatic rings. The van der Waals surface area contributed by atoms with E-state index in [0.29, 0.717) is 0 Å². The molecule has 0 unspecified atom stereocenters. The second kappa shape index (κ2) is 15.3. The van der Waals surface area contributed by atoms with Crippen molar-refractivity contribution in [2.24, 2.45) is 0 Å². The van der Waals surface area contributed by atoms with Gasteiger partial charge in [0.1, 0.15) is 0 Å². The summed E-state index contributed by atoms with van der Waals surface area (Å²) in [6.07, 6.45) is 13.0. The molecule has 0 bridgehead atoms. The van der Waals surface area contributed by atoms with Crippen molar-refractivity contribution in [3.63, 3.8) is 0 Å². The van der Waals surface area contributed by atoms with Crippen molar-refractivity contribution < 1.29 is 0 Å². The summed E-state index contributed by atoms with van der Waals surface area (Å²) in [4.78, 5) is 5.04. The Bertz CT molecular complexity index is 217. The van der Waals surface area contributed by atoms with E-state index in [1.165, 1.54) is 51.1 Å². The van der Waals surface area contributed by atoms with Gasteiger partial charge in [0.25, 0.3) is 0 Å². The third kappa shape index (κ3) is 13.5. The molecule has 0 aliphatic carbocycles. The molecule has 2 heteroatoms. The monoisotopic (exact) mass is 266 g/mol. The minimum absolute atomic E-state index is 1.14. The fourth-order valence-corrected chi connectivity index (χ4v) is 1.60. The Morgan fingerprint density at radius 2 is 1.32 bits per heavy atom. The van der Waals surface area contributed by atoms with Crippen molar-refractivity contribution in [1.82, 2.24) is 9.80 Å². The highest BCUT2D eigenvalue weighted by molar-refractivity contribution is 4.95. The standard InChI is InChI=1S/C11H22N2.C4H10.C2H2/c1-4-12-7-9-13(10-8-12)6-5-11(2)3;1-3-4-2;1-2/h5H,4,6-10H2,1-3H3;3-4H2,1-2H3;1-2H. The largest absolute Gasteiger partial charge is 0.301 e. The van der Waals surface area contributed by atoms with Crippen LogP contribution in [-0.2, 0) is 0 Å². The fraction of sp³-hybridized carbons (Fsp3) is 0.765. The summed E-state index contributed by atoms with van der Waals surface area (Å²) in [7, 11) is 0. The molecule has 0 N–H and O–H groups in total. The summed E-state index contributed by atoms with van der Waals surface area (Å²) in [6.45, 7) is 18.2. The number of likely N-dealkylation sites (N-methyl/N-ethyl adjacent to an activating group) is 1. The van der Waals surface area contributed by atoms with Crippen LogP contribution < -0.4 is 0 Å². The number of rotatable bonds is 4. The summed E-state index contributed by atoms with van der Waals surface area (Å²) < 4.78 is 0. The van der Waals surface area contributed by atoms with Crippen LogP contribution in [0.15, 0.2) is 11.6 Å². The maximum absolute atomic E-state index is 4.00. The maximum Gasteiger partial charge on any atom is 0.0166 e. The molecule has 1 saturated heterocycles. The van der Waals surface area contributed by atoms with E-state index >= 15 is 0 Å². The van der Waals surface area contributed by atoms with Gasteiger partial charge in [-0.2, -0.15) is 0 Å². The maximum atomic E-state index is 4.00. The first-order valence-corrected chi connectivity index (χ1v) is 7.55. The lowest BCUT2D eigenvalue weighted by molar-refractivity contribution is 0.148. The smallest absolute Gasteiger partial charge is 0.0166 e. The molecular weight excluding hydrogens is 232 g/mol. The van der Waals surface area contributed by atoms with Gasteiger partial charge in [0.2, 0.25) is 0 Å². The van der Waals surface area contributed by atoms with Crippen molar-refractivity contribution in [1.29, 1.82) is 0 Å². The van der Waals surface area contributed by atoms with Crippen LogP contribution in [0.1, 0.15) is 47.5 Å². The lowest BCUT2D eigenvalue weighted by Crippen LogP contribution is -2.46. The molecule has 0 aromatic heterocycles. The number of terminal acetylenes is 1. The number of piperazine rings is 1. The SMILES string of the molecule is C#C.CCCC.CCN1CCN(CC=C(C)C)CC1. The third-order valence-corrected chi connectivity index (χ3v) is 3.17.